The molecular weight excluding hydrogens is 184 g/mol. The van der Waals surface area contributed by atoms with Gasteiger partial charge in [0.15, 0.2) is 11.5 Å². The first-order valence-electron chi connectivity index (χ1n) is 4.63. The lowest BCUT2D eigenvalue weighted by atomic mass is 10.3. The lowest BCUT2D eigenvalue weighted by Crippen LogP contribution is -2.13. The van der Waals surface area contributed by atoms with Crippen molar-refractivity contribution in [2.45, 2.75) is 26.3 Å². The Morgan fingerprint density at radius 1 is 1.71 bits per heavy atom. The van der Waals surface area contributed by atoms with Crippen molar-refractivity contribution < 1.29 is 14.4 Å². The third-order valence-corrected chi connectivity index (χ3v) is 1.78. The van der Waals surface area contributed by atoms with Gasteiger partial charge in [0, 0.05) is 6.07 Å². The molecule has 0 radical (unpaired) electrons. The highest BCUT2D eigenvalue weighted by Crippen LogP contribution is 2.02. The van der Waals surface area contributed by atoms with Gasteiger partial charge in [0.2, 0.25) is 0 Å². The molecule has 78 valence electrons. The molecule has 0 bridgehead atoms. The van der Waals surface area contributed by atoms with Gasteiger partial charge in [0.05, 0.1) is 6.54 Å². The number of nitrogens with zero attached hydrogens (tertiary/aromatic N) is 1. The minimum Gasteiger partial charge on any atom is -0.476 e. The summed E-state index contributed by atoms with van der Waals surface area (Å²) in [6.45, 7) is 3.54. The van der Waals surface area contributed by atoms with Gasteiger partial charge in [-0.15, -0.1) is 0 Å². The number of rotatable bonds is 6. The van der Waals surface area contributed by atoms with Crippen LogP contribution in [0.25, 0.3) is 0 Å². The first-order chi connectivity index (χ1) is 6.74. The van der Waals surface area contributed by atoms with E-state index in [4.69, 9.17) is 9.63 Å². The normalized spacial score (nSPS) is 10.4. The van der Waals surface area contributed by atoms with Crippen molar-refractivity contribution in [3.8, 4) is 0 Å². The van der Waals surface area contributed by atoms with Gasteiger partial charge in [-0.25, -0.2) is 4.79 Å². The van der Waals surface area contributed by atoms with Gasteiger partial charge in [-0.2, -0.15) is 0 Å². The average molecular weight is 198 g/mol. The second kappa shape index (κ2) is 5.39. The number of hydrogen-bond acceptors (Lipinski definition) is 4. The predicted octanol–water partition coefficient (Wildman–Crippen LogP) is 1.26. The molecule has 0 spiro atoms. The fourth-order valence-electron chi connectivity index (χ4n) is 1.01. The van der Waals surface area contributed by atoms with Gasteiger partial charge in [0.1, 0.15) is 0 Å². The maximum atomic E-state index is 10.4. The van der Waals surface area contributed by atoms with Crippen molar-refractivity contribution >= 4 is 5.97 Å². The summed E-state index contributed by atoms with van der Waals surface area (Å²) in [4.78, 5) is 10.4. The predicted molar refractivity (Wildman–Crippen MR) is 50.1 cm³/mol. The van der Waals surface area contributed by atoms with Crippen molar-refractivity contribution in [2.75, 3.05) is 6.54 Å². The van der Waals surface area contributed by atoms with E-state index in [1.807, 2.05) is 0 Å². The quantitative estimate of drug-likeness (QED) is 0.673. The van der Waals surface area contributed by atoms with Gasteiger partial charge in [0.25, 0.3) is 0 Å². The summed E-state index contributed by atoms with van der Waals surface area (Å²) < 4.78 is 4.81. The fraction of sp³-hybridized carbons (Fsp3) is 0.556. The van der Waals surface area contributed by atoms with Gasteiger partial charge >= 0.3 is 5.97 Å². The van der Waals surface area contributed by atoms with E-state index < -0.39 is 5.97 Å². The molecule has 0 fully saturated rings. The SMILES string of the molecule is CCCCNCc1cc(C(=O)O)no1. The van der Waals surface area contributed by atoms with E-state index in [-0.39, 0.29) is 5.69 Å². The molecular formula is C9H14N2O3. The van der Waals surface area contributed by atoms with E-state index in [1.54, 1.807) is 0 Å². The highest BCUT2D eigenvalue weighted by atomic mass is 16.5. The summed E-state index contributed by atoms with van der Waals surface area (Å²) in [6.07, 6.45) is 2.23. The van der Waals surface area contributed by atoms with Crippen molar-refractivity contribution in [1.29, 1.82) is 0 Å². The third kappa shape index (κ3) is 3.18. The first kappa shape index (κ1) is 10.7. The molecule has 14 heavy (non-hydrogen) atoms. The van der Waals surface area contributed by atoms with Crippen molar-refractivity contribution in [1.82, 2.24) is 10.5 Å². The monoisotopic (exact) mass is 198 g/mol. The maximum Gasteiger partial charge on any atom is 0.358 e. The molecule has 0 aliphatic heterocycles. The van der Waals surface area contributed by atoms with E-state index in [2.05, 4.69) is 17.4 Å². The Morgan fingerprint density at radius 2 is 2.50 bits per heavy atom. The smallest absolute Gasteiger partial charge is 0.358 e. The molecule has 1 aromatic rings. The van der Waals surface area contributed by atoms with Gasteiger partial charge in [-0.05, 0) is 13.0 Å². The summed E-state index contributed by atoms with van der Waals surface area (Å²) in [5.41, 5.74) is -0.0442. The van der Waals surface area contributed by atoms with E-state index in [1.165, 1.54) is 6.07 Å². The van der Waals surface area contributed by atoms with E-state index >= 15 is 0 Å². The minimum atomic E-state index is -1.06. The number of carboxylic acid groups (broad SMARTS) is 1. The number of aromatic nitrogens is 1. The molecule has 0 saturated heterocycles. The molecule has 0 aromatic carbocycles. The zero-order valence-corrected chi connectivity index (χ0v) is 8.12. The largest absolute Gasteiger partial charge is 0.476 e. The number of hydrogen-bond donors (Lipinski definition) is 2. The topological polar surface area (TPSA) is 75.4 Å². The van der Waals surface area contributed by atoms with Crippen LogP contribution >= 0.6 is 0 Å². The molecule has 0 unspecified atom stereocenters. The number of carboxylic acids is 1. The molecule has 2 N–H and O–H groups in total. The third-order valence-electron chi connectivity index (χ3n) is 1.78. The zero-order chi connectivity index (χ0) is 10.4. The van der Waals surface area contributed by atoms with Crippen molar-refractivity contribution in [3.05, 3.63) is 17.5 Å². The van der Waals surface area contributed by atoms with Crippen molar-refractivity contribution in [2.24, 2.45) is 0 Å². The number of unbranched alkanes of at least 4 members (excludes halogenated alkanes) is 1. The number of carbonyl (C=O) groups is 1. The van der Waals surface area contributed by atoms with Crippen LogP contribution in [0.3, 0.4) is 0 Å². The van der Waals surface area contributed by atoms with Crippen LogP contribution in [-0.4, -0.2) is 22.8 Å². The Hall–Kier alpha value is -1.36. The fourth-order valence-corrected chi connectivity index (χ4v) is 1.01. The number of nitrogens with one attached hydrogen (secondary N) is 1. The standard InChI is InChI=1S/C9H14N2O3/c1-2-3-4-10-6-7-5-8(9(12)13)11-14-7/h5,10H,2-4,6H2,1H3,(H,12,13). The molecule has 0 amide bonds. The summed E-state index contributed by atoms with van der Waals surface area (Å²) in [7, 11) is 0. The summed E-state index contributed by atoms with van der Waals surface area (Å²) >= 11 is 0. The van der Waals surface area contributed by atoms with Crippen LogP contribution < -0.4 is 5.32 Å². The van der Waals surface area contributed by atoms with Gasteiger partial charge < -0.3 is 14.9 Å². The Morgan fingerprint density at radius 3 is 3.07 bits per heavy atom. The van der Waals surface area contributed by atoms with Crippen LogP contribution in [0.4, 0.5) is 0 Å². The van der Waals surface area contributed by atoms with Crippen LogP contribution in [0.15, 0.2) is 10.6 Å². The molecule has 0 aliphatic rings. The average Bonchev–Trinajstić information content (AvgIpc) is 2.61. The molecule has 5 heteroatoms. The second-order valence-electron chi connectivity index (χ2n) is 3.01. The molecule has 0 atom stereocenters. The van der Waals surface area contributed by atoms with E-state index in [0.717, 1.165) is 19.4 Å². The van der Waals surface area contributed by atoms with Crippen LogP contribution in [0, 0.1) is 0 Å². The number of aromatic carboxylic acids is 1. The lowest BCUT2D eigenvalue weighted by molar-refractivity contribution is 0.0685. The lowest BCUT2D eigenvalue weighted by Gasteiger charge is -1.98. The van der Waals surface area contributed by atoms with Crippen LogP contribution in [0.2, 0.25) is 0 Å². The summed E-state index contributed by atoms with van der Waals surface area (Å²) in [6, 6.07) is 1.43. The Bertz CT molecular complexity index is 296. The molecule has 0 aliphatic carbocycles. The highest BCUT2D eigenvalue weighted by Gasteiger charge is 2.09. The molecule has 0 saturated carbocycles. The van der Waals surface area contributed by atoms with E-state index in [9.17, 15) is 4.79 Å². The molecule has 1 aromatic heterocycles. The van der Waals surface area contributed by atoms with Gasteiger partial charge in [-0.3, -0.25) is 0 Å². The first-order valence-corrected chi connectivity index (χ1v) is 4.63. The van der Waals surface area contributed by atoms with Crippen molar-refractivity contribution in [3.63, 3.8) is 0 Å². The van der Waals surface area contributed by atoms with Gasteiger partial charge in [-0.1, -0.05) is 18.5 Å². The minimum absolute atomic E-state index is 0.0442. The Kier molecular flexibility index (Phi) is 4.12. The summed E-state index contributed by atoms with van der Waals surface area (Å²) in [5, 5.41) is 15.1. The maximum absolute atomic E-state index is 10.4. The molecule has 1 heterocycles. The van der Waals surface area contributed by atoms with Crippen LogP contribution in [-0.2, 0) is 6.54 Å². The Balaban J connectivity index is 2.33. The van der Waals surface area contributed by atoms with E-state index in [0.29, 0.717) is 12.3 Å². The highest BCUT2D eigenvalue weighted by molar-refractivity contribution is 5.85. The van der Waals surface area contributed by atoms with Crippen LogP contribution in [0.5, 0.6) is 0 Å². The summed E-state index contributed by atoms with van der Waals surface area (Å²) in [5.74, 6) is -0.507. The second-order valence-corrected chi connectivity index (χ2v) is 3.01. The molecule has 1 rings (SSSR count). The Labute approximate surface area is 82.1 Å². The molecule has 5 nitrogen and oxygen atoms in total. The van der Waals surface area contributed by atoms with Crippen LogP contribution in [0.1, 0.15) is 36.0 Å². The zero-order valence-electron chi connectivity index (χ0n) is 8.12.